The number of carbonyl (C=O) groups excluding carboxylic acids is 2. The van der Waals surface area contributed by atoms with Crippen molar-refractivity contribution in [3.8, 4) is 0 Å². The van der Waals surface area contributed by atoms with Gasteiger partial charge in [-0.05, 0) is 44.0 Å². The minimum absolute atomic E-state index is 0.00324. The number of nitrogens with zero attached hydrogens (tertiary/aromatic N) is 2. The molecule has 1 aromatic carbocycles. The first-order valence-electron chi connectivity index (χ1n) is 9.59. The number of para-hydroxylation sites is 1. The Bertz CT molecular complexity index is 828. The molecule has 0 aliphatic carbocycles. The van der Waals surface area contributed by atoms with Gasteiger partial charge < -0.3 is 15.0 Å². The molecule has 0 saturated heterocycles. The zero-order valence-corrected chi connectivity index (χ0v) is 16.8. The van der Waals surface area contributed by atoms with Crippen LogP contribution >= 0.6 is 11.8 Å². The van der Waals surface area contributed by atoms with Gasteiger partial charge in [-0.3, -0.25) is 9.59 Å². The third-order valence-corrected chi connectivity index (χ3v) is 5.47. The highest BCUT2D eigenvalue weighted by Crippen LogP contribution is 2.40. The summed E-state index contributed by atoms with van der Waals surface area (Å²) in [4.78, 5) is 32.3. The van der Waals surface area contributed by atoms with E-state index < -0.39 is 0 Å². The van der Waals surface area contributed by atoms with Crippen LogP contribution in [0.25, 0.3) is 0 Å². The van der Waals surface area contributed by atoms with Crippen molar-refractivity contribution in [2.24, 2.45) is 0 Å². The number of aromatic nitrogens is 1. The molecule has 6 nitrogen and oxygen atoms in total. The molecule has 1 aliphatic heterocycles. The van der Waals surface area contributed by atoms with Crippen LogP contribution in [0.2, 0.25) is 0 Å². The molecule has 28 heavy (non-hydrogen) atoms. The molecule has 2 heterocycles. The summed E-state index contributed by atoms with van der Waals surface area (Å²) in [5.41, 5.74) is 1.47. The number of fused-ring (bicyclic) bond motifs is 2. The fourth-order valence-corrected chi connectivity index (χ4v) is 4.03. The molecule has 1 aromatic heterocycles. The van der Waals surface area contributed by atoms with Gasteiger partial charge >= 0.3 is 0 Å². The lowest BCUT2D eigenvalue weighted by atomic mass is 10.2. The lowest BCUT2D eigenvalue weighted by molar-refractivity contribution is -0.121. The molecule has 3 rings (SSSR count). The Morgan fingerprint density at radius 1 is 1.21 bits per heavy atom. The molecule has 0 fully saturated rings. The smallest absolute Gasteiger partial charge is 0.261 e. The molecule has 2 aromatic rings. The summed E-state index contributed by atoms with van der Waals surface area (Å²) in [6, 6.07) is 11.4. The fourth-order valence-electron chi connectivity index (χ4n) is 3.01. The predicted molar refractivity (Wildman–Crippen MR) is 110 cm³/mol. The average Bonchev–Trinajstić information content (AvgIpc) is 2.83. The van der Waals surface area contributed by atoms with Crippen LogP contribution in [0.5, 0.6) is 0 Å². The highest BCUT2D eigenvalue weighted by molar-refractivity contribution is 7.99. The Labute approximate surface area is 169 Å². The molecule has 0 radical (unpaired) electrons. The van der Waals surface area contributed by atoms with E-state index in [2.05, 4.69) is 10.3 Å². The van der Waals surface area contributed by atoms with Crippen LogP contribution in [-0.2, 0) is 9.53 Å². The zero-order valence-electron chi connectivity index (χ0n) is 16.0. The Morgan fingerprint density at radius 2 is 2.07 bits per heavy atom. The number of hydrogen-bond acceptors (Lipinski definition) is 5. The van der Waals surface area contributed by atoms with E-state index in [4.69, 9.17) is 4.74 Å². The summed E-state index contributed by atoms with van der Waals surface area (Å²) >= 11 is 1.50. The minimum Gasteiger partial charge on any atom is -0.382 e. The van der Waals surface area contributed by atoms with Gasteiger partial charge in [0.25, 0.3) is 5.91 Å². The van der Waals surface area contributed by atoms with E-state index in [-0.39, 0.29) is 11.8 Å². The van der Waals surface area contributed by atoms with Crippen molar-refractivity contribution < 1.29 is 14.3 Å². The maximum atomic E-state index is 13.1. The maximum absolute atomic E-state index is 13.1. The van der Waals surface area contributed by atoms with Gasteiger partial charge in [-0.25, -0.2) is 4.98 Å². The predicted octanol–water partition coefficient (Wildman–Crippen LogP) is 3.52. The van der Waals surface area contributed by atoms with Crippen molar-refractivity contribution in [2.45, 2.75) is 36.1 Å². The lowest BCUT2D eigenvalue weighted by Gasteiger charge is -2.22. The number of anilines is 1. The van der Waals surface area contributed by atoms with Crippen molar-refractivity contribution in [3.63, 3.8) is 0 Å². The Kier molecular flexibility index (Phi) is 7.45. The topological polar surface area (TPSA) is 71.5 Å². The standard InChI is InChI=1S/C21H25N3O3S/c1-2-27-15-7-13-22-19(25)11-6-14-24-17-9-3-4-10-18(17)28-20-16(21(24)26)8-5-12-23-20/h3-5,8-10,12H,2,6-7,11,13-15H2,1H3,(H,22,25). The third kappa shape index (κ3) is 5.11. The zero-order chi connectivity index (χ0) is 19.8. The second-order valence-corrected chi connectivity index (χ2v) is 7.42. The van der Waals surface area contributed by atoms with Gasteiger partial charge in [0.1, 0.15) is 5.03 Å². The van der Waals surface area contributed by atoms with Crippen LogP contribution in [0.1, 0.15) is 36.5 Å². The number of carbonyl (C=O) groups is 2. The van der Waals surface area contributed by atoms with Crippen LogP contribution in [0.4, 0.5) is 5.69 Å². The lowest BCUT2D eigenvalue weighted by Crippen LogP contribution is -2.33. The Hall–Kier alpha value is -2.38. The summed E-state index contributed by atoms with van der Waals surface area (Å²) in [5, 5.41) is 3.62. The number of amides is 2. The third-order valence-electron chi connectivity index (χ3n) is 4.39. The molecule has 7 heteroatoms. The molecular formula is C21H25N3O3S. The second kappa shape index (κ2) is 10.2. The van der Waals surface area contributed by atoms with Crippen molar-refractivity contribution in [3.05, 3.63) is 48.2 Å². The van der Waals surface area contributed by atoms with E-state index in [0.717, 1.165) is 22.0 Å². The van der Waals surface area contributed by atoms with Crippen LogP contribution in [0.3, 0.4) is 0 Å². The van der Waals surface area contributed by atoms with E-state index in [1.54, 1.807) is 17.2 Å². The summed E-state index contributed by atoms with van der Waals surface area (Å²) in [5.74, 6) is -0.0684. The minimum atomic E-state index is -0.0716. The molecule has 1 N–H and O–H groups in total. The monoisotopic (exact) mass is 399 g/mol. The highest BCUT2D eigenvalue weighted by atomic mass is 32.2. The number of rotatable bonds is 9. The molecule has 1 aliphatic rings. The second-order valence-electron chi connectivity index (χ2n) is 6.39. The van der Waals surface area contributed by atoms with Crippen molar-refractivity contribution in [2.75, 3.05) is 31.2 Å². The van der Waals surface area contributed by atoms with Gasteiger partial charge in [0.15, 0.2) is 0 Å². The number of hydrogen-bond donors (Lipinski definition) is 1. The summed E-state index contributed by atoms with van der Waals surface area (Å²) in [6.07, 6.45) is 3.48. The van der Waals surface area contributed by atoms with E-state index in [0.29, 0.717) is 44.7 Å². The van der Waals surface area contributed by atoms with Gasteiger partial charge in [-0.15, -0.1) is 0 Å². The Balaban J connectivity index is 1.61. The van der Waals surface area contributed by atoms with Gasteiger partial charge in [0.2, 0.25) is 5.91 Å². The number of benzene rings is 1. The van der Waals surface area contributed by atoms with Crippen LogP contribution < -0.4 is 10.2 Å². The quantitative estimate of drug-likeness (QED) is 0.653. The average molecular weight is 400 g/mol. The van der Waals surface area contributed by atoms with Crippen molar-refractivity contribution >= 4 is 29.3 Å². The Morgan fingerprint density at radius 3 is 2.93 bits per heavy atom. The normalized spacial score (nSPS) is 12.9. The van der Waals surface area contributed by atoms with Crippen LogP contribution in [0, 0.1) is 0 Å². The number of pyridine rings is 1. The van der Waals surface area contributed by atoms with E-state index in [9.17, 15) is 9.59 Å². The summed E-state index contributed by atoms with van der Waals surface area (Å²) < 4.78 is 5.26. The molecule has 2 amide bonds. The van der Waals surface area contributed by atoms with E-state index in [1.165, 1.54) is 11.8 Å². The first kappa shape index (κ1) is 20.4. The van der Waals surface area contributed by atoms with Crippen molar-refractivity contribution in [1.82, 2.24) is 10.3 Å². The molecule has 0 saturated carbocycles. The first-order valence-corrected chi connectivity index (χ1v) is 10.4. The van der Waals surface area contributed by atoms with Crippen molar-refractivity contribution in [1.29, 1.82) is 0 Å². The first-order chi connectivity index (χ1) is 13.7. The summed E-state index contributed by atoms with van der Waals surface area (Å²) in [7, 11) is 0. The van der Waals surface area contributed by atoms with E-state index >= 15 is 0 Å². The van der Waals surface area contributed by atoms with Crippen LogP contribution in [0.15, 0.2) is 52.5 Å². The SMILES string of the molecule is CCOCCCNC(=O)CCCN1C(=O)c2cccnc2Sc2ccccc21. The molecule has 0 spiro atoms. The molecule has 0 bridgehead atoms. The fraction of sp³-hybridized carbons (Fsp3) is 0.381. The van der Waals surface area contributed by atoms with Gasteiger partial charge in [-0.1, -0.05) is 23.9 Å². The van der Waals surface area contributed by atoms with Gasteiger partial charge in [0.05, 0.1) is 11.3 Å². The van der Waals surface area contributed by atoms with Gasteiger partial charge in [0, 0.05) is 43.8 Å². The molecule has 0 atom stereocenters. The van der Waals surface area contributed by atoms with Gasteiger partial charge in [-0.2, -0.15) is 0 Å². The molecular weight excluding hydrogens is 374 g/mol. The van der Waals surface area contributed by atoms with E-state index in [1.807, 2.05) is 37.3 Å². The van der Waals surface area contributed by atoms with Crippen LogP contribution in [-0.4, -0.2) is 43.1 Å². The summed E-state index contributed by atoms with van der Waals surface area (Å²) in [6.45, 7) is 4.39. The molecule has 148 valence electrons. The number of nitrogens with one attached hydrogen (secondary N) is 1. The largest absolute Gasteiger partial charge is 0.382 e. The maximum Gasteiger partial charge on any atom is 0.261 e. The number of ether oxygens (including phenoxy) is 1. The highest BCUT2D eigenvalue weighted by Gasteiger charge is 2.27. The molecule has 0 unspecified atom stereocenters.